The molecule has 20 heavy (non-hydrogen) atoms. The molecule has 0 aromatic carbocycles. The summed E-state index contributed by atoms with van der Waals surface area (Å²) in [6, 6.07) is 4.18. The summed E-state index contributed by atoms with van der Waals surface area (Å²) in [6.45, 7) is 6.59. The van der Waals surface area contributed by atoms with E-state index in [4.69, 9.17) is 5.73 Å². The molecule has 0 saturated carbocycles. The maximum atomic E-state index is 5.75. The van der Waals surface area contributed by atoms with Crippen molar-refractivity contribution in [3.05, 3.63) is 22.4 Å². The van der Waals surface area contributed by atoms with Crippen LogP contribution in [0.25, 0.3) is 0 Å². The van der Waals surface area contributed by atoms with Gasteiger partial charge in [-0.15, -0.1) is 11.3 Å². The molecule has 2 aromatic rings. The number of nitrogens with one attached hydrogen (secondary N) is 1. The topological polar surface area (TPSA) is 80.0 Å². The molecule has 3 N–H and O–H groups in total. The predicted molar refractivity (Wildman–Crippen MR) is 84.3 cm³/mol. The Kier molecular flexibility index (Phi) is 5.11. The van der Waals surface area contributed by atoms with Crippen molar-refractivity contribution >= 4 is 29.2 Å². The zero-order valence-corrected chi connectivity index (χ0v) is 12.7. The number of hydrogen-bond acceptors (Lipinski definition) is 7. The predicted octanol–water partition coefficient (Wildman–Crippen LogP) is 2.02. The van der Waals surface area contributed by atoms with Crippen molar-refractivity contribution in [1.29, 1.82) is 0 Å². The lowest BCUT2D eigenvalue weighted by atomic mass is 10.3. The molecule has 2 heterocycles. The van der Waals surface area contributed by atoms with Gasteiger partial charge in [0.15, 0.2) is 0 Å². The van der Waals surface area contributed by atoms with Crippen LogP contribution in [0.3, 0.4) is 0 Å². The van der Waals surface area contributed by atoms with Gasteiger partial charge in [0.05, 0.1) is 0 Å². The van der Waals surface area contributed by atoms with Gasteiger partial charge in [-0.2, -0.15) is 15.0 Å². The summed E-state index contributed by atoms with van der Waals surface area (Å²) in [5.74, 6) is 1.41. The van der Waals surface area contributed by atoms with Gasteiger partial charge in [-0.1, -0.05) is 6.07 Å². The summed E-state index contributed by atoms with van der Waals surface area (Å²) in [4.78, 5) is 16.1. The molecular formula is C13H20N6S. The van der Waals surface area contributed by atoms with Gasteiger partial charge < -0.3 is 16.0 Å². The third kappa shape index (κ3) is 3.80. The van der Waals surface area contributed by atoms with Crippen LogP contribution in [-0.4, -0.2) is 34.6 Å². The Morgan fingerprint density at radius 1 is 1.25 bits per heavy atom. The van der Waals surface area contributed by atoms with Crippen molar-refractivity contribution in [2.24, 2.45) is 0 Å². The van der Waals surface area contributed by atoms with Crippen LogP contribution < -0.4 is 16.0 Å². The summed E-state index contributed by atoms with van der Waals surface area (Å²) in [7, 11) is 0. The fourth-order valence-electron chi connectivity index (χ4n) is 1.86. The highest BCUT2D eigenvalue weighted by Crippen LogP contribution is 2.12. The number of nitrogens with zero attached hydrogens (tertiary/aromatic N) is 4. The van der Waals surface area contributed by atoms with E-state index in [0.717, 1.165) is 26.1 Å². The van der Waals surface area contributed by atoms with E-state index < -0.39 is 0 Å². The van der Waals surface area contributed by atoms with Crippen LogP contribution in [0.2, 0.25) is 0 Å². The van der Waals surface area contributed by atoms with Crippen LogP contribution in [0.1, 0.15) is 18.7 Å². The molecule has 0 aliphatic carbocycles. The van der Waals surface area contributed by atoms with Gasteiger partial charge in [0, 0.05) is 24.5 Å². The molecule has 0 amide bonds. The second kappa shape index (κ2) is 7.04. The molecule has 0 atom stereocenters. The Balaban J connectivity index is 2.00. The minimum Gasteiger partial charge on any atom is -0.368 e. The monoisotopic (exact) mass is 292 g/mol. The average Bonchev–Trinajstić information content (AvgIpc) is 2.93. The highest BCUT2D eigenvalue weighted by molar-refractivity contribution is 7.09. The largest absolute Gasteiger partial charge is 0.368 e. The first-order chi connectivity index (χ1) is 9.72. The summed E-state index contributed by atoms with van der Waals surface area (Å²) in [6.07, 6.45) is 0.948. The van der Waals surface area contributed by atoms with Crippen LogP contribution in [0, 0.1) is 0 Å². The third-order valence-electron chi connectivity index (χ3n) is 2.92. The van der Waals surface area contributed by atoms with E-state index in [9.17, 15) is 0 Å². The molecular weight excluding hydrogens is 272 g/mol. The van der Waals surface area contributed by atoms with Crippen LogP contribution in [-0.2, 0) is 6.42 Å². The molecule has 0 spiro atoms. The lowest BCUT2D eigenvalue weighted by Gasteiger charge is -2.18. The minimum atomic E-state index is 0.250. The zero-order chi connectivity index (χ0) is 14.4. The van der Waals surface area contributed by atoms with Crippen molar-refractivity contribution in [2.75, 3.05) is 35.6 Å². The maximum absolute atomic E-state index is 5.75. The second-order valence-electron chi connectivity index (χ2n) is 4.25. The van der Waals surface area contributed by atoms with Gasteiger partial charge in [-0.05, 0) is 31.7 Å². The number of hydrogen-bond donors (Lipinski definition) is 2. The quantitative estimate of drug-likeness (QED) is 0.812. The molecule has 108 valence electrons. The molecule has 0 aliphatic heterocycles. The number of rotatable bonds is 7. The molecule has 7 heteroatoms. The maximum Gasteiger partial charge on any atom is 0.231 e. The summed E-state index contributed by atoms with van der Waals surface area (Å²) in [5, 5.41) is 5.28. The summed E-state index contributed by atoms with van der Waals surface area (Å²) >= 11 is 1.75. The summed E-state index contributed by atoms with van der Waals surface area (Å²) < 4.78 is 0. The van der Waals surface area contributed by atoms with Crippen LogP contribution >= 0.6 is 11.3 Å². The highest BCUT2D eigenvalue weighted by Gasteiger charge is 2.09. The van der Waals surface area contributed by atoms with Gasteiger partial charge in [-0.3, -0.25) is 0 Å². The number of thiophene rings is 1. The van der Waals surface area contributed by atoms with E-state index in [0.29, 0.717) is 11.9 Å². The van der Waals surface area contributed by atoms with Gasteiger partial charge in [0.2, 0.25) is 17.8 Å². The van der Waals surface area contributed by atoms with Crippen molar-refractivity contribution in [3.8, 4) is 0 Å². The molecule has 2 aromatic heterocycles. The minimum absolute atomic E-state index is 0.250. The molecule has 0 unspecified atom stereocenters. The first kappa shape index (κ1) is 14.5. The van der Waals surface area contributed by atoms with Crippen molar-refractivity contribution in [3.63, 3.8) is 0 Å². The highest BCUT2D eigenvalue weighted by atomic mass is 32.1. The van der Waals surface area contributed by atoms with E-state index in [-0.39, 0.29) is 5.95 Å². The first-order valence-electron chi connectivity index (χ1n) is 6.75. The van der Waals surface area contributed by atoms with E-state index in [1.807, 2.05) is 4.90 Å². The van der Waals surface area contributed by atoms with E-state index >= 15 is 0 Å². The first-order valence-corrected chi connectivity index (χ1v) is 7.63. The number of nitrogens with two attached hydrogens (primary N) is 1. The van der Waals surface area contributed by atoms with Crippen molar-refractivity contribution in [1.82, 2.24) is 15.0 Å². The number of nitrogen functional groups attached to an aromatic ring is 1. The van der Waals surface area contributed by atoms with Crippen LogP contribution in [0.15, 0.2) is 17.5 Å². The lowest BCUT2D eigenvalue weighted by molar-refractivity contribution is 0.813. The van der Waals surface area contributed by atoms with E-state index in [2.05, 4.69) is 51.6 Å². The van der Waals surface area contributed by atoms with Gasteiger partial charge in [-0.25, -0.2) is 0 Å². The van der Waals surface area contributed by atoms with Gasteiger partial charge in [0.1, 0.15) is 0 Å². The lowest BCUT2D eigenvalue weighted by Crippen LogP contribution is -2.25. The molecule has 0 radical (unpaired) electrons. The average molecular weight is 292 g/mol. The van der Waals surface area contributed by atoms with E-state index in [1.165, 1.54) is 4.88 Å². The Hall–Kier alpha value is -1.89. The molecule has 0 fully saturated rings. The molecule has 6 nitrogen and oxygen atoms in total. The van der Waals surface area contributed by atoms with Gasteiger partial charge in [0.25, 0.3) is 0 Å². The zero-order valence-electron chi connectivity index (χ0n) is 11.8. The van der Waals surface area contributed by atoms with Gasteiger partial charge >= 0.3 is 0 Å². The number of anilines is 3. The standard InChI is InChI=1S/C13H20N6S/c1-3-19(4-2)13-17-11(14)16-12(18-13)15-8-7-10-6-5-9-20-10/h5-6,9H,3-4,7-8H2,1-2H3,(H3,14,15,16,17,18). The Morgan fingerprint density at radius 2 is 2.05 bits per heavy atom. The normalized spacial score (nSPS) is 10.5. The fraction of sp³-hybridized carbons (Fsp3) is 0.462. The Labute approximate surface area is 123 Å². The SMILES string of the molecule is CCN(CC)c1nc(N)nc(NCCc2cccs2)n1. The Morgan fingerprint density at radius 3 is 2.70 bits per heavy atom. The van der Waals surface area contributed by atoms with Crippen molar-refractivity contribution < 1.29 is 0 Å². The molecule has 0 bridgehead atoms. The van der Waals surface area contributed by atoms with E-state index in [1.54, 1.807) is 11.3 Å². The number of aromatic nitrogens is 3. The van der Waals surface area contributed by atoms with Crippen LogP contribution in [0.5, 0.6) is 0 Å². The molecule has 2 rings (SSSR count). The molecule has 0 aliphatic rings. The second-order valence-corrected chi connectivity index (χ2v) is 5.28. The fourth-order valence-corrected chi connectivity index (χ4v) is 2.57. The van der Waals surface area contributed by atoms with Crippen molar-refractivity contribution in [2.45, 2.75) is 20.3 Å². The molecule has 0 saturated heterocycles. The third-order valence-corrected chi connectivity index (χ3v) is 3.86. The van der Waals surface area contributed by atoms with Crippen LogP contribution in [0.4, 0.5) is 17.8 Å². The summed E-state index contributed by atoms with van der Waals surface area (Å²) in [5.41, 5.74) is 5.75. The Bertz CT molecular complexity index is 524. The smallest absolute Gasteiger partial charge is 0.231 e.